The number of hydrogen-bond acceptors (Lipinski definition) is 7. The number of aromatic nitrogens is 2. The molecule has 5 rings (SSSR count). The van der Waals surface area contributed by atoms with Crippen LogP contribution in [0.3, 0.4) is 0 Å². The van der Waals surface area contributed by atoms with Crippen molar-refractivity contribution in [2.45, 2.75) is 6.42 Å². The smallest absolute Gasteiger partial charge is 0.277 e. The fourth-order valence-electron chi connectivity index (χ4n) is 4.33. The normalized spacial score (nSPS) is 15.3. The SMILES string of the molecule is O=C(NO)c1cnc(N2CCN(C(=O)/C(=C/c3ccc4c(c3)CCO4)c3cccc(F)c3)CC2)nc1. The molecule has 9 nitrogen and oxygen atoms in total. The van der Waals surface area contributed by atoms with Gasteiger partial charge in [0.25, 0.3) is 11.8 Å². The molecule has 0 atom stereocenters. The number of benzene rings is 2. The van der Waals surface area contributed by atoms with Gasteiger partial charge in [0.05, 0.1) is 12.2 Å². The van der Waals surface area contributed by atoms with Crippen molar-refractivity contribution >= 4 is 29.4 Å². The van der Waals surface area contributed by atoms with E-state index >= 15 is 0 Å². The van der Waals surface area contributed by atoms with Crippen molar-refractivity contribution in [2.24, 2.45) is 0 Å². The van der Waals surface area contributed by atoms with Crippen LogP contribution in [0.4, 0.5) is 10.3 Å². The van der Waals surface area contributed by atoms with Crippen LogP contribution in [0.1, 0.15) is 27.0 Å². The zero-order valence-electron chi connectivity index (χ0n) is 19.4. The Morgan fingerprint density at radius 2 is 1.81 bits per heavy atom. The van der Waals surface area contributed by atoms with E-state index in [0.29, 0.717) is 49.9 Å². The number of halogens is 1. The Balaban J connectivity index is 1.35. The average molecular weight is 490 g/mol. The second-order valence-corrected chi connectivity index (χ2v) is 8.53. The zero-order valence-corrected chi connectivity index (χ0v) is 19.4. The van der Waals surface area contributed by atoms with Gasteiger partial charge in [0.1, 0.15) is 11.6 Å². The molecule has 184 valence electrons. The van der Waals surface area contributed by atoms with Gasteiger partial charge in [-0.05, 0) is 47.0 Å². The number of nitrogens with one attached hydrogen (secondary N) is 1. The van der Waals surface area contributed by atoms with Gasteiger partial charge in [0.2, 0.25) is 5.95 Å². The summed E-state index contributed by atoms with van der Waals surface area (Å²) >= 11 is 0. The minimum absolute atomic E-state index is 0.137. The Bertz CT molecular complexity index is 1320. The van der Waals surface area contributed by atoms with E-state index in [2.05, 4.69) is 9.97 Å². The number of ether oxygens (including phenoxy) is 1. The topological polar surface area (TPSA) is 108 Å². The molecule has 0 bridgehead atoms. The zero-order chi connectivity index (χ0) is 25.1. The van der Waals surface area contributed by atoms with Crippen LogP contribution in [0.25, 0.3) is 11.6 Å². The first-order valence-corrected chi connectivity index (χ1v) is 11.6. The molecule has 1 saturated heterocycles. The highest BCUT2D eigenvalue weighted by Gasteiger charge is 2.26. The van der Waals surface area contributed by atoms with Crippen molar-refractivity contribution in [3.05, 3.63) is 82.9 Å². The quantitative estimate of drug-likeness (QED) is 0.245. The van der Waals surface area contributed by atoms with Crippen LogP contribution in [0.5, 0.6) is 5.75 Å². The third-order valence-corrected chi connectivity index (χ3v) is 6.24. The molecular formula is C26H24FN5O4. The van der Waals surface area contributed by atoms with Crippen LogP contribution in [0.15, 0.2) is 54.9 Å². The average Bonchev–Trinajstić information content (AvgIpc) is 3.39. The van der Waals surface area contributed by atoms with Crippen molar-refractivity contribution in [1.82, 2.24) is 20.3 Å². The van der Waals surface area contributed by atoms with Crippen molar-refractivity contribution < 1.29 is 23.9 Å². The van der Waals surface area contributed by atoms with Gasteiger partial charge in [-0.2, -0.15) is 0 Å². The van der Waals surface area contributed by atoms with Crippen LogP contribution in [0.2, 0.25) is 0 Å². The Kier molecular flexibility index (Phi) is 6.59. The van der Waals surface area contributed by atoms with Crippen LogP contribution < -0.4 is 15.1 Å². The highest BCUT2D eigenvalue weighted by molar-refractivity contribution is 6.24. The van der Waals surface area contributed by atoms with E-state index in [1.54, 1.807) is 28.6 Å². The fraction of sp³-hybridized carbons (Fsp3) is 0.231. The van der Waals surface area contributed by atoms with E-state index in [9.17, 15) is 14.0 Å². The number of hydrogen-bond donors (Lipinski definition) is 2. The van der Waals surface area contributed by atoms with E-state index < -0.39 is 11.7 Å². The number of piperazine rings is 1. The second-order valence-electron chi connectivity index (χ2n) is 8.53. The van der Waals surface area contributed by atoms with Crippen molar-refractivity contribution in [3.8, 4) is 5.75 Å². The van der Waals surface area contributed by atoms with Gasteiger partial charge in [-0.25, -0.2) is 19.8 Å². The lowest BCUT2D eigenvalue weighted by atomic mass is 9.99. The Hall–Kier alpha value is -4.31. The van der Waals surface area contributed by atoms with Gasteiger partial charge in [-0.3, -0.25) is 14.8 Å². The number of anilines is 1. The molecule has 2 amide bonds. The first-order valence-electron chi connectivity index (χ1n) is 11.6. The number of carbonyl (C=O) groups is 2. The van der Waals surface area contributed by atoms with Crippen LogP contribution >= 0.6 is 0 Å². The number of rotatable bonds is 5. The number of carbonyl (C=O) groups excluding carboxylic acids is 2. The largest absolute Gasteiger partial charge is 0.493 e. The first kappa shape index (κ1) is 23.4. The molecule has 0 aliphatic carbocycles. The summed E-state index contributed by atoms with van der Waals surface area (Å²) in [6, 6.07) is 11.9. The molecule has 10 heteroatoms. The van der Waals surface area contributed by atoms with Gasteiger partial charge < -0.3 is 14.5 Å². The number of fused-ring (bicyclic) bond motifs is 1. The number of nitrogens with zero attached hydrogens (tertiary/aromatic N) is 4. The van der Waals surface area contributed by atoms with Crippen molar-refractivity contribution in [3.63, 3.8) is 0 Å². The lowest BCUT2D eigenvalue weighted by molar-refractivity contribution is -0.125. The highest BCUT2D eigenvalue weighted by Crippen LogP contribution is 2.29. The summed E-state index contributed by atoms with van der Waals surface area (Å²) < 4.78 is 19.6. The van der Waals surface area contributed by atoms with Crippen molar-refractivity contribution in [2.75, 3.05) is 37.7 Å². The Labute approximate surface area is 206 Å². The molecule has 1 fully saturated rings. The molecule has 3 heterocycles. The lowest BCUT2D eigenvalue weighted by Crippen LogP contribution is -2.49. The van der Waals surface area contributed by atoms with E-state index in [1.807, 2.05) is 23.1 Å². The standard InChI is InChI=1S/C26H24FN5O4/c27-21-3-1-2-18(14-21)22(13-17-4-5-23-19(12-17)6-11-36-23)25(34)31-7-9-32(10-8-31)26-28-15-20(16-29-26)24(33)30-35/h1-5,12-16,35H,6-11H2,(H,30,33)/b22-13+. The maximum atomic E-state index is 14.1. The predicted molar refractivity (Wildman–Crippen MR) is 130 cm³/mol. The van der Waals surface area contributed by atoms with Crippen LogP contribution in [-0.4, -0.2) is 64.7 Å². The lowest BCUT2D eigenvalue weighted by Gasteiger charge is -2.35. The van der Waals surface area contributed by atoms with Gasteiger partial charge in [-0.15, -0.1) is 0 Å². The van der Waals surface area contributed by atoms with E-state index in [1.165, 1.54) is 24.5 Å². The number of hydroxylamine groups is 1. The molecule has 2 aliphatic heterocycles. The molecule has 0 radical (unpaired) electrons. The summed E-state index contributed by atoms with van der Waals surface area (Å²) in [7, 11) is 0. The maximum absolute atomic E-state index is 14.1. The predicted octanol–water partition coefficient (Wildman–Crippen LogP) is 2.56. The minimum Gasteiger partial charge on any atom is -0.493 e. The molecule has 2 N–H and O–H groups in total. The molecule has 0 unspecified atom stereocenters. The molecular weight excluding hydrogens is 465 g/mol. The van der Waals surface area contributed by atoms with E-state index in [-0.39, 0.29) is 11.5 Å². The second kappa shape index (κ2) is 10.1. The summed E-state index contributed by atoms with van der Waals surface area (Å²) in [6.07, 6.45) is 5.28. The third-order valence-electron chi connectivity index (χ3n) is 6.24. The Morgan fingerprint density at radius 1 is 1.03 bits per heavy atom. The van der Waals surface area contributed by atoms with Gasteiger partial charge in [-0.1, -0.05) is 18.2 Å². The highest BCUT2D eigenvalue weighted by atomic mass is 19.1. The molecule has 2 aromatic carbocycles. The van der Waals surface area contributed by atoms with Gasteiger partial charge in [0, 0.05) is 50.6 Å². The number of amides is 2. The molecule has 3 aromatic rings. The molecule has 0 saturated carbocycles. The fourth-order valence-corrected chi connectivity index (χ4v) is 4.33. The van der Waals surface area contributed by atoms with Crippen LogP contribution in [-0.2, 0) is 11.2 Å². The van der Waals surface area contributed by atoms with Crippen molar-refractivity contribution in [1.29, 1.82) is 0 Å². The molecule has 36 heavy (non-hydrogen) atoms. The molecule has 0 spiro atoms. The van der Waals surface area contributed by atoms with Gasteiger partial charge in [0.15, 0.2) is 0 Å². The van der Waals surface area contributed by atoms with Gasteiger partial charge >= 0.3 is 0 Å². The van der Waals surface area contributed by atoms with Crippen LogP contribution in [0, 0.1) is 5.82 Å². The molecule has 2 aliphatic rings. The summed E-state index contributed by atoms with van der Waals surface area (Å²) in [4.78, 5) is 37.1. The Morgan fingerprint density at radius 3 is 2.53 bits per heavy atom. The minimum atomic E-state index is -0.690. The summed E-state index contributed by atoms with van der Waals surface area (Å²) in [5.41, 5.74) is 4.55. The summed E-state index contributed by atoms with van der Waals surface area (Å²) in [5.74, 6) is -0.00162. The third kappa shape index (κ3) is 4.89. The van der Waals surface area contributed by atoms with E-state index in [4.69, 9.17) is 9.94 Å². The maximum Gasteiger partial charge on any atom is 0.277 e. The molecule has 1 aromatic heterocycles. The van der Waals surface area contributed by atoms with E-state index in [0.717, 1.165) is 23.3 Å². The monoisotopic (exact) mass is 489 g/mol. The first-order chi connectivity index (χ1) is 17.5. The summed E-state index contributed by atoms with van der Waals surface area (Å²) in [6.45, 7) is 2.47. The summed E-state index contributed by atoms with van der Waals surface area (Å²) in [5, 5.41) is 8.73.